The Morgan fingerprint density at radius 1 is 1.69 bits per heavy atom. The van der Waals surface area contributed by atoms with Crippen molar-refractivity contribution in [3.05, 3.63) is 30.1 Å². The topological polar surface area (TPSA) is 56.0 Å². The van der Waals surface area contributed by atoms with E-state index in [1.165, 1.54) is 0 Å². The molecule has 1 heterocycles. The average Bonchev–Trinajstić information content (AvgIpc) is 2.18. The molecule has 1 aromatic heterocycles. The van der Waals surface area contributed by atoms with E-state index in [4.69, 9.17) is 5.73 Å². The molecule has 3 nitrogen and oxygen atoms in total. The van der Waals surface area contributed by atoms with Crippen LogP contribution in [0.15, 0.2) is 24.5 Å². The molecule has 1 unspecified atom stereocenters. The predicted molar refractivity (Wildman–Crippen MR) is 51.2 cm³/mol. The molecular formula is C10H14N2O. The summed E-state index contributed by atoms with van der Waals surface area (Å²) in [5.41, 5.74) is 6.34. The Balaban J connectivity index is 2.55. The highest BCUT2D eigenvalue weighted by Gasteiger charge is 2.10. The van der Waals surface area contributed by atoms with Gasteiger partial charge in [-0.3, -0.25) is 9.78 Å². The lowest BCUT2D eigenvalue weighted by Gasteiger charge is -2.06. The van der Waals surface area contributed by atoms with Crippen LogP contribution in [-0.4, -0.2) is 17.3 Å². The number of ketones is 1. The van der Waals surface area contributed by atoms with Crippen LogP contribution < -0.4 is 5.73 Å². The van der Waals surface area contributed by atoms with E-state index in [0.29, 0.717) is 13.0 Å². The summed E-state index contributed by atoms with van der Waals surface area (Å²) >= 11 is 0. The third-order valence-corrected chi connectivity index (χ3v) is 2.00. The molecular weight excluding hydrogens is 164 g/mol. The highest BCUT2D eigenvalue weighted by atomic mass is 16.1. The van der Waals surface area contributed by atoms with Crippen LogP contribution in [0.3, 0.4) is 0 Å². The number of hydrogen-bond acceptors (Lipinski definition) is 3. The van der Waals surface area contributed by atoms with E-state index in [2.05, 4.69) is 4.98 Å². The van der Waals surface area contributed by atoms with Gasteiger partial charge in [-0.05, 0) is 11.6 Å². The first-order valence-electron chi connectivity index (χ1n) is 4.35. The van der Waals surface area contributed by atoms with E-state index < -0.39 is 0 Å². The second-order valence-electron chi connectivity index (χ2n) is 3.14. The van der Waals surface area contributed by atoms with Gasteiger partial charge >= 0.3 is 0 Å². The maximum absolute atomic E-state index is 11.4. The molecule has 0 fully saturated rings. The number of Topliss-reactive ketones (excluding diaryl/α,β-unsaturated/α-hetero) is 1. The Hall–Kier alpha value is -1.22. The van der Waals surface area contributed by atoms with Gasteiger partial charge in [0.05, 0.1) is 0 Å². The zero-order chi connectivity index (χ0) is 9.68. The molecule has 0 aliphatic carbocycles. The van der Waals surface area contributed by atoms with Crippen LogP contribution >= 0.6 is 0 Å². The highest BCUT2D eigenvalue weighted by molar-refractivity contribution is 5.83. The zero-order valence-corrected chi connectivity index (χ0v) is 7.73. The monoisotopic (exact) mass is 178 g/mol. The van der Waals surface area contributed by atoms with E-state index in [1.54, 1.807) is 12.4 Å². The van der Waals surface area contributed by atoms with Gasteiger partial charge in [0.2, 0.25) is 0 Å². The van der Waals surface area contributed by atoms with Crippen LogP contribution in [0, 0.1) is 5.92 Å². The Morgan fingerprint density at radius 2 is 2.46 bits per heavy atom. The fourth-order valence-corrected chi connectivity index (χ4v) is 1.01. The molecule has 1 aromatic rings. The van der Waals surface area contributed by atoms with Gasteiger partial charge in [-0.2, -0.15) is 0 Å². The molecule has 0 aliphatic rings. The minimum Gasteiger partial charge on any atom is -0.330 e. The summed E-state index contributed by atoms with van der Waals surface area (Å²) in [5, 5.41) is 0. The Bertz CT molecular complexity index is 272. The van der Waals surface area contributed by atoms with Crippen molar-refractivity contribution in [1.82, 2.24) is 4.98 Å². The summed E-state index contributed by atoms with van der Waals surface area (Å²) in [6.07, 6.45) is 3.84. The predicted octanol–water partition coefficient (Wildman–Crippen LogP) is 0.788. The Morgan fingerprint density at radius 3 is 3.00 bits per heavy atom. The molecule has 70 valence electrons. The summed E-state index contributed by atoms with van der Waals surface area (Å²) in [7, 11) is 0. The SMILES string of the molecule is CC(CN)C(=O)Cc1cccnc1. The molecule has 1 rings (SSSR count). The fourth-order valence-electron chi connectivity index (χ4n) is 1.01. The van der Waals surface area contributed by atoms with Crippen LogP contribution in [-0.2, 0) is 11.2 Å². The molecule has 0 amide bonds. The second-order valence-corrected chi connectivity index (χ2v) is 3.14. The third-order valence-electron chi connectivity index (χ3n) is 2.00. The molecule has 0 saturated heterocycles. The lowest BCUT2D eigenvalue weighted by atomic mass is 10.0. The number of nitrogens with zero attached hydrogens (tertiary/aromatic N) is 1. The molecule has 0 bridgehead atoms. The van der Waals surface area contributed by atoms with Gasteiger partial charge in [-0.25, -0.2) is 0 Å². The van der Waals surface area contributed by atoms with Crippen molar-refractivity contribution in [2.45, 2.75) is 13.3 Å². The molecule has 3 heteroatoms. The first-order chi connectivity index (χ1) is 6.24. The van der Waals surface area contributed by atoms with Crippen LogP contribution in [0.5, 0.6) is 0 Å². The molecule has 1 atom stereocenters. The lowest BCUT2D eigenvalue weighted by Crippen LogP contribution is -2.22. The first-order valence-corrected chi connectivity index (χ1v) is 4.35. The lowest BCUT2D eigenvalue weighted by molar-refractivity contribution is -0.121. The molecule has 0 saturated carbocycles. The van der Waals surface area contributed by atoms with E-state index in [9.17, 15) is 4.79 Å². The number of rotatable bonds is 4. The first kappa shape index (κ1) is 9.86. The minimum atomic E-state index is -0.0554. The van der Waals surface area contributed by atoms with Gasteiger partial charge < -0.3 is 5.73 Å². The van der Waals surface area contributed by atoms with Crippen LogP contribution in [0.4, 0.5) is 0 Å². The maximum atomic E-state index is 11.4. The summed E-state index contributed by atoms with van der Waals surface area (Å²) in [5.74, 6) is 0.121. The van der Waals surface area contributed by atoms with Crippen LogP contribution in [0.25, 0.3) is 0 Å². The summed E-state index contributed by atoms with van der Waals surface area (Å²) in [4.78, 5) is 15.4. The summed E-state index contributed by atoms with van der Waals surface area (Å²) in [6, 6.07) is 3.73. The van der Waals surface area contributed by atoms with Crippen molar-refractivity contribution < 1.29 is 4.79 Å². The average molecular weight is 178 g/mol. The molecule has 13 heavy (non-hydrogen) atoms. The summed E-state index contributed by atoms with van der Waals surface area (Å²) in [6.45, 7) is 2.26. The van der Waals surface area contributed by atoms with Crippen LogP contribution in [0.1, 0.15) is 12.5 Å². The van der Waals surface area contributed by atoms with Gasteiger partial charge in [0, 0.05) is 31.3 Å². The third kappa shape index (κ3) is 2.95. The second kappa shape index (κ2) is 4.72. The maximum Gasteiger partial charge on any atom is 0.141 e. The Labute approximate surface area is 78.0 Å². The Kier molecular flexibility index (Phi) is 3.58. The standard InChI is InChI=1S/C10H14N2O/c1-8(6-11)10(13)5-9-3-2-4-12-7-9/h2-4,7-8H,5-6,11H2,1H3. The number of aromatic nitrogens is 1. The van der Waals surface area contributed by atoms with Crippen molar-refractivity contribution >= 4 is 5.78 Å². The number of hydrogen-bond donors (Lipinski definition) is 1. The van der Waals surface area contributed by atoms with Crippen molar-refractivity contribution in [3.63, 3.8) is 0 Å². The van der Waals surface area contributed by atoms with E-state index in [-0.39, 0.29) is 11.7 Å². The van der Waals surface area contributed by atoms with Crippen molar-refractivity contribution in [2.24, 2.45) is 11.7 Å². The molecule has 2 N–H and O–H groups in total. The van der Waals surface area contributed by atoms with Crippen molar-refractivity contribution in [1.29, 1.82) is 0 Å². The van der Waals surface area contributed by atoms with Gasteiger partial charge in [0.25, 0.3) is 0 Å². The smallest absolute Gasteiger partial charge is 0.141 e. The van der Waals surface area contributed by atoms with E-state index >= 15 is 0 Å². The van der Waals surface area contributed by atoms with Gasteiger partial charge in [0.1, 0.15) is 5.78 Å². The zero-order valence-electron chi connectivity index (χ0n) is 7.73. The quantitative estimate of drug-likeness (QED) is 0.741. The van der Waals surface area contributed by atoms with E-state index in [0.717, 1.165) is 5.56 Å². The number of carbonyl (C=O) groups excluding carboxylic acids is 1. The number of carbonyl (C=O) groups is 1. The van der Waals surface area contributed by atoms with Gasteiger partial charge in [0.15, 0.2) is 0 Å². The molecule has 0 spiro atoms. The van der Waals surface area contributed by atoms with E-state index in [1.807, 2.05) is 19.1 Å². The summed E-state index contributed by atoms with van der Waals surface area (Å²) < 4.78 is 0. The minimum absolute atomic E-state index is 0.0554. The number of pyridine rings is 1. The molecule has 0 aliphatic heterocycles. The molecule has 0 radical (unpaired) electrons. The molecule has 0 aromatic carbocycles. The van der Waals surface area contributed by atoms with Crippen LogP contribution in [0.2, 0.25) is 0 Å². The van der Waals surface area contributed by atoms with Gasteiger partial charge in [-0.1, -0.05) is 13.0 Å². The van der Waals surface area contributed by atoms with Crippen molar-refractivity contribution in [2.75, 3.05) is 6.54 Å². The normalized spacial score (nSPS) is 12.5. The highest BCUT2D eigenvalue weighted by Crippen LogP contribution is 2.03. The number of nitrogens with two attached hydrogens (primary N) is 1. The fraction of sp³-hybridized carbons (Fsp3) is 0.400. The van der Waals surface area contributed by atoms with Crippen molar-refractivity contribution in [3.8, 4) is 0 Å². The largest absolute Gasteiger partial charge is 0.330 e. The van der Waals surface area contributed by atoms with Gasteiger partial charge in [-0.15, -0.1) is 0 Å².